The maximum absolute atomic E-state index is 12.2. The van der Waals surface area contributed by atoms with Crippen molar-refractivity contribution in [3.05, 3.63) is 41.7 Å². The van der Waals surface area contributed by atoms with E-state index in [1.165, 1.54) is 10.9 Å². The molecular formula is C15H16N4O4. The fourth-order valence-electron chi connectivity index (χ4n) is 2.54. The Bertz CT molecular complexity index is 728. The van der Waals surface area contributed by atoms with Gasteiger partial charge in [0.05, 0.1) is 18.8 Å². The maximum atomic E-state index is 12.2. The van der Waals surface area contributed by atoms with E-state index in [0.29, 0.717) is 6.61 Å². The maximum Gasteiger partial charge on any atom is 0.358 e. The predicted molar refractivity (Wildman–Crippen MR) is 79.0 cm³/mol. The number of nitrogens with zero attached hydrogens (tertiary/aromatic N) is 3. The average molecular weight is 316 g/mol. The van der Waals surface area contributed by atoms with E-state index in [4.69, 9.17) is 9.84 Å². The van der Waals surface area contributed by atoms with Gasteiger partial charge >= 0.3 is 5.97 Å². The lowest BCUT2D eigenvalue weighted by atomic mass is 10.0. The third kappa shape index (κ3) is 3.47. The molecule has 0 saturated carbocycles. The zero-order chi connectivity index (χ0) is 16.2. The minimum absolute atomic E-state index is 0.0835. The quantitative estimate of drug-likeness (QED) is 0.872. The Morgan fingerprint density at radius 3 is 3.00 bits per heavy atom. The van der Waals surface area contributed by atoms with Crippen molar-refractivity contribution < 1.29 is 19.4 Å². The summed E-state index contributed by atoms with van der Waals surface area (Å²) >= 11 is 0. The molecule has 1 amide bonds. The van der Waals surface area contributed by atoms with Gasteiger partial charge in [-0.3, -0.25) is 4.79 Å². The molecule has 1 atom stereocenters. The number of ether oxygens (including phenoxy) is 1. The summed E-state index contributed by atoms with van der Waals surface area (Å²) in [6.07, 6.45) is 2.85. The number of hydrogen-bond acceptors (Lipinski definition) is 5. The highest BCUT2D eigenvalue weighted by Crippen LogP contribution is 2.30. The highest BCUT2D eigenvalue weighted by molar-refractivity contribution is 5.84. The molecule has 23 heavy (non-hydrogen) atoms. The summed E-state index contributed by atoms with van der Waals surface area (Å²) in [5, 5.41) is 18.9. The first-order valence-corrected chi connectivity index (χ1v) is 7.28. The molecule has 0 aliphatic carbocycles. The standard InChI is InChI=1S/C15H16N4O4/c20-14(9-19-8-12(15(21)22)17-18-19)16-11-5-3-7-23-13-6-2-1-4-10(11)13/h1-2,4,6,8,11H,3,5,7,9H2,(H,16,20)(H,21,22). The molecule has 1 aliphatic heterocycles. The van der Waals surface area contributed by atoms with Gasteiger partial charge in [0.1, 0.15) is 12.3 Å². The molecule has 0 bridgehead atoms. The fraction of sp³-hybridized carbons (Fsp3) is 0.333. The first kappa shape index (κ1) is 15.0. The van der Waals surface area contributed by atoms with Crippen molar-refractivity contribution in [2.24, 2.45) is 0 Å². The van der Waals surface area contributed by atoms with E-state index >= 15 is 0 Å². The molecule has 2 aromatic rings. The monoisotopic (exact) mass is 316 g/mol. The number of para-hydroxylation sites is 1. The first-order valence-electron chi connectivity index (χ1n) is 7.28. The second kappa shape index (κ2) is 6.47. The minimum Gasteiger partial charge on any atom is -0.493 e. The number of fused-ring (bicyclic) bond motifs is 1. The van der Waals surface area contributed by atoms with Crippen molar-refractivity contribution >= 4 is 11.9 Å². The van der Waals surface area contributed by atoms with Crippen LogP contribution in [0.4, 0.5) is 0 Å². The van der Waals surface area contributed by atoms with E-state index in [1.807, 2.05) is 24.3 Å². The topological polar surface area (TPSA) is 106 Å². The van der Waals surface area contributed by atoms with Crippen LogP contribution in [0.1, 0.15) is 34.9 Å². The SMILES string of the molecule is O=C(Cn1cc(C(=O)O)nn1)NC1CCCOc2ccccc21. The van der Waals surface area contributed by atoms with Gasteiger partial charge in [0.15, 0.2) is 5.69 Å². The van der Waals surface area contributed by atoms with Gasteiger partial charge in [-0.25, -0.2) is 9.48 Å². The van der Waals surface area contributed by atoms with E-state index in [0.717, 1.165) is 24.2 Å². The van der Waals surface area contributed by atoms with Crippen molar-refractivity contribution in [3.8, 4) is 5.75 Å². The van der Waals surface area contributed by atoms with Crippen LogP contribution in [0.3, 0.4) is 0 Å². The molecule has 120 valence electrons. The van der Waals surface area contributed by atoms with Crippen LogP contribution < -0.4 is 10.1 Å². The van der Waals surface area contributed by atoms with Crippen LogP contribution in [0.2, 0.25) is 0 Å². The molecule has 3 rings (SSSR count). The van der Waals surface area contributed by atoms with E-state index in [2.05, 4.69) is 15.6 Å². The smallest absolute Gasteiger partial charge is 0.358 e. The molecule has 1 aliphatic rings. The van der Waals surface area contributed by atoms with E-state index in [1.54, 1.807) is 0 Å². The molecule has 2 heterocycles. The Balaban J connectivity index is 1.68. The summed E-state index contributed by atoms with van der Waals surface area (Å²) in [7, 11) is 0. The number of hydrogen-bond donors (Lipinski definition) is 2. The minimum atomic E-state index is -1.17. The van der Waals surface area contributed by atoms with Gasteiger partial charge in [0.25, 0.3) is 0 Å². The van der Waals surface area contributed by atoms with Gasteiger partial charge in [0.2, 0.25) is 5.91 Å². The van der Waals surface area contributed by atoms with Gasteiger partial charge in [-0.05, 0) is 18.9 Å². The van der Waals surface area contributed by atoms with E-state index in [9.17, 15) is 9.59 Å². The number of amides is 1. The number of carbonyl (C=O) groups is 2. The lowest BCUT2D eigenvalue weighted by molar-refractivity contribution is -0.122. The predicted octanol–water partition coefficient (Wildman–Crippen LogP) is 1.01. The fourth-order valence-corrected chi connectivity index (χ4v) is 2.54. The molecule has 1 aromatic heterocycles. The first-order chi connectivity index (χ1) is 11.1. The third-order valence-electron chi connectivity index (χ3n) is 3.59. The number of aromatic nitrogens is 3. The van der Waals surface area contributed by atoms with Gasteiger partial charge in [-0.1, -0.05) is 23.4 Å². The third-order valence-corrected chi connectivity index (χ3v) is 3.59. The summed E-state index contributed by atoms with van der Waals surface area (Å²) in [5.41, 5.74) is 0.758. The Labute approximate surface area is 132 Å². The Hall–Kier alpha value is -2.90. The van der Waals surface area contributed by atoms with E-state index in [-0.39, 0.29) is 24.2 Å². The van der Waals surface area contributed by atoms with Gasteiger partial charge < -0.3 is 15.2 Å². The van der Waals surface area contributed by atoms with Crippen molar-refractivity contribution in [1.29, 1.82) is 0 Å². The summed E-state index contributed by atoms with van der Waals surface area (Å²) < 4.78 is 6.87. The Morgan fingerprint density at radius 1 is 1.39 bits per heavy atom. The normalized spacial score (nSPS) is 16.8. The van der Waals surface area contributed by atoms with Crippen molar-refractivity contribution in [1.82, 2.24) is 20.3 Å². The molecule has 0 spiro atoms. The summed E-state index contributed by atoms with van der Waals surface area (Å²) in [5.74, 6) is -0.649. The van der Waals surface area contributed by atoms with Gasteiger partial charge in [0, 0.05) is 5.56 Å². The number of benzene rings is 1. The second-order valence-corrected chi connectivity index (χ2v) is 5.26. The number of carboxylic acids is 1. The molecule has 1 aromatic carbocycles. The molecule has 8 heteroatoms. The van der Waals surface area contributed by atoms with Gasteiger partial charge in [-0.2, -0.15) is 0 Å². The molecule has 8 nitrogen and oxygen atoms in total. The number of aromatic carboxylic acids is 1. The number of carbonyl (C=O) groups excluding carboxylic acids is 1. The molecule has 0 fully saturated rings. The highest BCUT2D eigenvalue weighted by atomic mass is 16.5. The molecule has 2 N–H and O–H groups in total. The average Bonchev–Trinajstić information content (AvgIpc) is 2.90. The lowest BCUT2D eigenvalue weighted by Crippen LogP contribution is -2.31. The Morgan fingerprint density at radius 2 is 2.22 bits per heavy atom. The lowest BCUT2D eigenvalue weighted by Gasteiger charge is -2.18. The molecule has 1 unspecified atom stereocenters. The van der Waals surface area contributed by atoms with E-state index < -0.39 is 5.97 Å². The Kier molecular flexibility index (Phi) is 4.22. The zero-order valence-corrected chi connectivity index (χ0v) is 12.3. The van der Waals surface area contributed by atoms with Crippen molar-refractivity contribution in [2.45, 2.75) is 25.4 Å². The second-order valence-electron chi connectivity index (χ2n) is 5.26. The van der Waals surface area contributed by atoms with Crippen molar-refractivity contribution in [2.75, 3.05) is 6.61 Å². The molecule has 0 radical (unpaired) electrons. The summed E-state index contributed by atoms with van der Waals surface area (Å²) in [6.45, 7) is 0.536. The van der Waals surface area contributed by atoms with Crippen LogP contribution in [0.5, 0.6) is 5.75 Å². The largest absolute Gasteiger partial charge is 0.493 e. The zero-order valence-electron chi connectivity index (χ0n) is 12.3. The van der Waals surface area contributed by atoms with Crippen LogP contribution in [0.15, 0.2) is 30.5 Å². The number of rotatable bonds is 4. The highest BCUT2D eigenvalue weighted by Gasteiger charge is 2.21. The van der Waals surface area contributed by atoms with Gasteiger partial charge in [-0.15, -0.1) is 5.10 Å². The molecular weight excluding hydrogens is 300 g/mol. The number of nitrogens with one attached hydrogen (secondary N) is 1. The van der Waals surface area contributed by atoms with Crippen molar-refractivity contribution in [3.63, 3.8) is 0 Å². The van der Waals surface area contributed by atoms with Crippen LogP contribution in [-0.4, -0.2) is 38.6 Å². The summed E-state index contributed by atoms with van der Waals surface area (Å²) in [6, 6.07) is 7.48. The van der Waals surface area contributed by atoms with Crippen LogP contribution in [0.25, 0.3) is 0 Å². The van der Waals surface area contributed by atoms with Crippen LogP contribution in [-0.2, 0) is 11.3 Å². The van der Waals surface area contributed by atoms with Crippen LogP contribution in [0, 0.1) is 0 Å². The molecule has 0 saturated heterocycles. The van der Waals surface area contributed by atoms with Crippen LogP contribution >= 0.6 is 0 Å². The number of carboxylic acid groups (broad SMARTS) is 1. The summed E-state index contributed by atoms with van der Waals surface area (Å²) in [4.78, 5) is 23.0.